The fourth-order valence-electron chi connectivity index (χ4n) is 2.38. The molecular weight excluding hydrogens is 292 g/mol. The van der Waals surface area contributed by atoms with Gasteiger partial charge in [-0.1, -0.05) is 35.2 Å². The first-order chi connectivity index (χ1) is 8.70. The molecule has 0 aliphatic heterocycles. The SMILES string of the molecule is COc1ccc(Br)cc1N=C(N)C1CCCCC1. The Morgan fingerprint density at radius 2 is 2.06 bits per heavy atom. The number of aliphatic imine (C=N–C) groups is 1. The van der Waals surface area contributed by atoms with Crippen LogP contribution in [0.1, 0.15) is 32.1 Å². The molecule has 3 nitrogen and oxygen atoms in total. The summed E-state index contributed by atoms with van der Waals surface area (Å²) >= 11 is 3.45. The van der Waals surface area contributed by atoms with Gasteiger partial charge in [-0.3, -0.25) is 0 Å². The summed E-state index contributed by atoms with van der Waals surface area (Å²) in [5, 5.41) is 0. The molecule has 98 valence electrons. The second kappa shape index (κ2) is 6.23. The predicted molar refractivity (Wildman–Crippen MR) is 78.6 cm³/mol. The summed E-state index contributed by atoms with van der Waals surface area (Å²) in [6.45, 7) is 0. The van der Waals surface area contributed by atoms with Gasteiger partial charge in [0.15, 0.2) is 0 Å². The maximum absolute atomic E-state index is 6.13. The van der Waals surface area contributed by atoms with Gasteiger partial charge in [-0.15, -0.1) is 0 Å². The first-order valence-corrected chi connectivity index (χ1v) is 7.17. The number of halogens is 1. The minimum Gasteiger partial charge on any atom is -0.494 e. The summed E-state index contributed by atoms with van der Waals surface area (Å²) in [5.74, 6) is 1.94. The smallest absolute Gasteiger partial charge is 0.144 e. The lowest BCUT2D eigenvalue weighted by Gasteiger charge is -2.21. The lowest BCUT2D eigenvalue weighted by Crippen LogP contribution is -2.25. The first kappa shape index (κ1) is 13.4. The fraction of sp³-hybridized carbons (Fsp3) is 0.500. The molecule has 0 bridgehead atoms. The van der Waals surface area contributed by atoms with E-state index in [0.717, 1.165) is 34.6 Å². The van der Waals surface area contributed by atoms with Crippen LogP contribution >= 0.6 is 15.9 Å². The molecule has 0 radical (unpaired) electrons. The zero-order valence-electron chi connectivity index (χ0n) is 10.7. The third-order valence-corrected chi connectivity index (χ3v) is 3.91. The van der Waals surface area contributed by atoms with Crippen molar-refractivity contribution in [3.05, 3.63) is 22.7 Å². The highest BCUT2D eigenvalue weighted by Crippen LogP contribution is 2.32. The quantitative estimate of drug-likeness (QED) is 0.677. The molecule has 2 N–H and O–H groups in total. The van der Waals surface area contributed by atoms with Gasteiger partial charge >= 0.3 is 0 Å². The van der Waals surface area contributed by atoms with Gasteiger partial charge in [0.25, 0.3) is 0 Å². The van der Waals surface area contributed by atoms with Crippen molar-refractivity contribution in [3.8, 4) is 5.75 Å². The molecule has 1 aliphatic rings. The average molecular weight is 311 g/mol. The summed E-state index contributed by atoms with van der Waals surface area (Å²) < 4.78 is 6.29. The fourth-order valence-corrected chi connectivity index (χ4v) is 2.73. The van der Waals surface area contributed by atoms with Crippen LogP contribution in [-0.2, 0) is 0 Å². The van der Waals surface area contributed by atoms with Crippen LogP contribution in [0.15, 0.2) is 27.7 Å². The summed E-state index contributed by atoms with van der Waals surface area (Å²) in [7, 11) is 1.65. The number of hydrogen-bond donors (Lipinski definition) is 1. The molecule has 1 aliphatic carbocycles. The number of rotatable bonds is 3. The Morgan fingerprint density at radius 3 is 2.72 bits per heavy atom. The van der Waals surface area contributed by atoms with E-state index in [0.29, 0.717) is 5.92 Å². The highest BCUT2D eigenvalue weighted by atomic mass is 79.9. The van der Waals surface area contributed by atoms with Gasteiger partial charge in [0.05, 0.1) is 7.11 Å². The molecule has 0 aromatic heterocycles. The summed E-state index contributed by atoms with van der Waals surface area (Å²) in [6, 6.07) is 5.78. The Labute approximate surface area is 117 Å². The van der Waals surface area contributed by atoms with Crippen molar-refractivity contribution in [2.45, 2.75) is 32.1 Å². The van der Waals surface area contributed by atoms with Crippen molar-refractivity contribution >= 4 is 27.5 Å². The van der Waals surface area contributed by atoms with Crippen LogP contribution in [-0.4, -0.2) is 12.9 Å². The van der Waals surface area contributed by atoms with E-state index >= 15 is 0 Å². The van der Waals surface area contributed by atoms with Crippen molar-refractivity contribution in [1.82, 2.24) is 0 Å². The van der Waals surface area contributed by atoms with Crippen molar-refractivity contribution in [2.75, 3.05) is 7.11 Å². The number of methoxy groups -OCH3 is 1. The number of amidine groups is 1. The van der Waals surface area contributed by atoms with Crippen LogP contribution in [0.3, 0.4) is 0 Å². The summed E-state index contributed by atoms with van der Waals surface area (Å²) in [6.07, 6.45) is 6.16. The molecule has 1 saturated carbocycles. The maximum atomic E-state index is 6.13. The third kappa shape index (κ3) is 3.25. The Bertz CT molecular complexity index is 439. The molecule has 0 unspecified atom stereocenters. The van der Waals surface area contributed by atoms with Gasteiger partial charge in [-0.25, -0.2) is 4.99 Å². The topological polar surface area (TPSA) is 47.6 Å². The Morgan fingerprint density at radius 1 is 1.33 bits per heavy atom. The van der Waals surface area contributed by atoms with Crippen LogP contribution < -0.4 is 10.5 Å². The van der Waals surface area contributed by atoms with Crippen LogP contribution in [0.25, 0.3) is 0 Å². The molecule has 2 rings (SSSR count). The van der Waals surface area contributed by atoms with Gasteiger partial charge in [-0.2, -0.15) is 0 Å². The zero-order chi connectivity index (χ0) is 13.0. The molecule has 0 spiro atoms. The first-order valence-electron chi connectivity index (χ1n) is 6.38. The monoisotopic (exact) mass is 310 g/mol. The summed E-state index contributed by atoms with van der Waals surface area (Å²) in [5.41, 5.74) is 6.93. The largest absolute Gasteiger partial charge is 0.494 e. The van der Waals surface area contributed by atoms with Gasteiger partial charge < -0.3 is 10.5 Å². The lowest BCUT2D eigenvalue weighted by atomic mass is 9.88. The van der Waals surface area contributed by atoms with E-state index in [1.54, 1.807) is 7.11 Å². The second-order valence-corrected chi connectivity index (χ2v) is 5.60. The third-order valence-electron chi connectivity index (χ3n) is 3.41. The molecule has 0 amide bonds. The Kier molecular flexibility index (Phi) is 4.64. The van der Waals surface area contributed by atoms with E-state index in [-0.39, 0.29) is 0 Å². The zero-order valence-corrected chi connectivity index (χ0v) is 12.2. The predicted octanol–water partition coefficient (Wildman–Crippen LogP) is 4.03. The highest BCUT2D eigenvalue weighted by Gasteiger charge is 2.17. The van der Waals surface area contributed by atoms with Gasteiger partial charge in [0.2, 0.25) is 0 Å². The van der Waals surface area contributed by atoms with E-state index < -0.39 is 0 Å². The molecular formula is C14H19BrN2O. The Balaban J connectivity index is 2.22. The maximum Gasteiger partial charge on any atom is 0.144 e. The van der Waals surface area contributed by atoms with E-state index in [9.17, 15) is 0 Å². The van der Waals surface area contributed by atoms with Crippen LogP contribution in [0, 0.1) is 5.92 Å². The lowest BCUT2D eigenvalue weighted by molar-refractivity contribution is 0.415. The minimum atomic E-state index is 0.433. The minimum absolute atomic E-state index is 0.433. The van der Waals surface area contributed by atoms with Crippen LogP contribution in [0.4, 0.5) is 5.69 Å². The van der Waals surface area contributed by atoms with Crippen LogP contribution in [0.2, 0.25) is 0 Å². The molecule has 1 aromatic carbocycles. The van der Waals surface area contributed by atoms with E-state index in [1.165, 1.54) is 19.3 Å². The molecule has 4 heteroatoms. The standard InChI is InChI=1S/C14H19BrN2O/c1-18-13-8-7-11(15)9-12(13)17-14(16)10-5-3-2-4-6-10/h7-10H,2-6H2,1H3,(H2,16,17). The van der Waals surface area contributed by atoms with Crippen molar-refractivity contribution < 1.29 is 4.74 Å². The highest BCUT2D eigenvalue weighted by molar-refractivity contribution is 9.10. The number of ether oxygens (including phenoxy) is 1. The molecule has 18 heavy (non-hydrogen) atoms. The van der Waals surface area contributed by atoms with Gasteiger partial charge in [0, 0.05) is 10.4 Å². The van der Waals surface area contributed by atoms with E-state index in [1.807, 2.05) is 18.2 Å². The van der Waals surface area contributed by atoms with Crippen molar-refractivity contribution in [3.63, 3.8) is 0 Å². The van der Waals surface area contributed by atoms with E-state index in [4.69, 9.17) is 10.5 Å². The molecule has 1 fully saturated rings. The van der Waals surface area contributed by atoms with E-state index in [2.05, 4.69) is 20.9 Å². The summed E-state index contributed by atoms with van der Waals surface area (Å²) in [4.78, 5) is 4.55. The molecule has 0 saturated heterocycles. The molecule has 0 atom stereocenters. The molecule has 1 aromatic rings. The van der Waals surface area contributed by atoms with Crippen LogP contribution in [0.5, 0.6) is 5.75 Å². The number of benzene rings is 1. The molecule has 0 heterocycles. The van der Waals surface area contributed by atoms with Gasteiger partial charge in [-0.05, 0) is 31.0 Å². The number of hydrogen-bond acceptors (Lipinski definition) is 2. The van der Waals surface area contributed by atoms with Gasteiger partial charge in [0.1, 0.15) is 17.3 Å². The average Bonchev–Trinajstić information content (AvgIpc) is 2.40. The number of nitrogens with two attached hydrogens (primary N) is 1. The second-order valence-electron chi connectivity index (χ2n) is 4.69. The normalized spacial score (nSPS) is 17.8. The number of nitrogens with zero attached hydrogens (tertiary/aromatic N) is 1. The Hall–Kier alpha value is -1.03. The van der Waals surface area contributed by atoms with Crippen molar-refractivity contribution in [1.29, 1.82) is 0 Å². The van der Waals surface area contributed by atoms with Crippen molar-refractivity contribution in [2.24, 2.45) is 16.6 Å².